The highest BCUT2D eigenvalue weighted by Gasteiger charge is 2.44. The first-order valence-corrected chi connectivity index (χ1v) is 10.5. The highest BCUT2D eigenvalue weighted by molar-refractivity contribution is 5.95. The van der Waals surface area contributed by atoms with E-state index in [1.807, 2.05) is 42.3 Å². The average Bonchev–Trinajstić information content (AvgIpc) is 3.21. The maximum absolute atomic E-state index is 13.1. The van der Waals surface area contributed by atoms with Crippen LogP contribution in [0, 0.1) is 0 Å². The van der Waals surface area contributed by atoms with Gasteiger partial charge in [-0.2, -0.15) is 13.2 Å². The molecule has 1 saturated heterocycles. The van der Waals surface area contributed by atoms with Crippen LogP contribution in [0.25, 0.3) is 22.2 Å². The van der Waals surface area contributed by atoms with Gasteiger partial charge in [-0.3, -0.25) is 4.79 Å². The normalized spacial score (nSPS) is 19.3. The van der Waals surface area contributed by atoms with E-state index in [1.54, 1.807) is 0 Å². The van der Waals surface area contributed by atoms with Crippen molar-refractivity contribution in [2.24, 2.45) is 0 Å². The molecule has 3 aromatic rings. The van der Waals surface area contributed by atoms with E-state index in [0.717, 1.165) is 26.9 Å². The third-order valence-electron chi connectivity index (χ3n) is 6.05. The molecule has 0 bridgehead atoms. The molecule has 5 rings (SSSR count). The Hall–Kier alpha value is -3.14. The molecule has 0 radical (unpaired) electrons. The highest BCUT2D eigenvalue weighted by Crippen LogP contribution is 2.35. The number of anilines is 1. The van der Waals surface area contributed by atoms with Crippen LogP contribution in [0.2, 0.25) is 0 Å². The average molecular weight is 445 g/mol. The van der Waals surface area contributed by atoms with Crippen LogP contribution in [0.5, 0.6) is 0 Å². The predicted molar refractivity (Wildman–Crippen MR) is 112 cm³/mol. The molecule has 10 heteroatoms. The summed E-state index contributed by atoms with van der Waals surface area (Å²) in [7, 11) is 0. The quantitative estimate of drug-likeness (QED) is 0.655. The standard InChI is InChI=1S/C22H22F3N5O2/c1-13-12-32-9-8-30(13)21-27-18-11-29(20(31)22(23,24)25)7-6-15(18)19(28-21)16-10-26-17-5-3-2-4-14(16)17/h2-5,10,13,26H,6-9,11-12H2,1H3/t13-/m1/s1. The third-order valence-corrected chi connectivity index (χ3v) is 6.05. The Morgan fingerprint density at radius 1 is 1.22 bits per heavy atom. The molecule has 1 aromatic carbocycles. The minimum Gasteiger partial charge on any atom is -0.377 e. The van der Waals surface area contributed by atoms with Crippen LogP contribution in [0.15, 0.2) is 30.5 Å². The number of amides is 1. The van der Waals surface area contributed by atoms with Crippen LogP contribution in [0.4, 0.5) is 19.1 Å². The van der Waals surface area contributed by atoms with E-state index in [9.17, 15) is 18.0 Å². The first kappa shape index (κ1) is 20.7. The van der Waals surface area contributed by atoms with Gasteiger partial charge >= 0.3 is 12.1 Å². The zero-order valence-corrected chi connectivity index (χ0v) is 17.4. The molecular formula is C22H22F3N5O2. The molecule has 4 heterocycles. The van der Waals surface area contributed by atoms with Crippen LogP contribution in [-0.2, 0) is 22.5 Å². The van der Waals surface area contributed by atoms with Gasteiger partial charge in [0.25, 0.3) is 0 Å². The highest BCUT2D eigenvalue weighted by atomic mass is 19.4. The number of nitrogens with zero attached hydrogens (tertiary/aromatic N) is 4. The molecule has 2 aliphatic rings. The number of halogens is 3. The van der Waals surface area contributed by atoms with Crippen LogP contribution >= 0.6 is 0 Å². The maximum atomic E-state index is 13.1. The smallest absolute Gasteiger partial charge is 0.377 e. The number of morpholine rings is 1. The second-order valence-corrected chi connectivity index (χ2v) is 8.14. The van der Waals surface area contributed by atoms with Crippen molar-refractivity contribution in [3.05, 3.63) is 41.7 Å². The Morgan fingerprint density at radius 2 is 2.03 bits per heavy atom. The van der Waals surface area contributed by atoms with Gasteiger partial charge in [-0.25, -0.2) is 9.97 Å². The van der Waals surface area contributed by atoms with Crippen LogP contribution < -0.4 is 4.90 Å². The molecule has 2 aliphatic heterocycles. The van der Waals surface area contributed by atoms with Crippen molar-refractivity contribution in [3.8, 4) is 11.3 Å². The van der Waals surface area contributed by atoms with E-state index in [2.05, 4.69) is 9.97 Å². The number of carbonyl (C=O) groups is 1. The fourth-order valence-electron chi connectivity index (χ4n) is 4.41. The van der Waals surface area contributed by atoms with Gasteiger partial charge in [-0.15, -0.1) is 0 Å². The first-order valence-electron chi connectivity index (χ1n) is 10.5. The third kappa shape index (κ3) is 3.58. The van der Waals surface area contributed by atoms with Gasteiger partial charge in [0.05, 0.1) is 37.2 Å². The number of ether oxygens (including phenoxy) is 1. The lowest BCUT2D eigenvalue weighted by Gasteiger charge is -2.35. The van der Waals surface area contributed by atoms with Gasteiger partial charge in [0, 0.05) is 41.3 Å². The van der Waals surface area contributed by atoms with Gasteiger partial charge in [0.15, 0.2) is 0 Å². The molecule has 0 aliphatic carbocycles. The number of nitrogens with one attached hydrogen (secondary N) is 1. The Morgan fingerprint density at radius 3 is 2.81 bits per heavy atom. The SMILES string of the molecule is C[C@@H]1COCCN1c1nc2c(c(-c3c[nH]c4ccccc34)n1)CCN(C(=O)C(F)(F)F)C2. The van der Waals surface area contributed by atoms with Crippen molar-refractivity contribution in [2.75, 3.05) is 31.2 Å². The van der Waals surface area contributed by atoms with E-state index >= 15 is 0 Å². The molecule has 0 saturated carbocycles. The van der Waals surface area contributed by atoms with Crippen LogP contribution in [0.1, 0.15) is 18.2 Å². The second-order valence-electron chi connectivity index (χ2n) is 8.14. The Balaban J connectivity index is 1.63. The lowest BCUT2D eigenvalue weighted by Crippen LogP contribution is -2.46. The summed E-state index contributed by atoms with van der Waals surface area (Å²) in [4.78, 5) is 27.5. The van der Waals surface area contributed by atoms with Crippen molar-refractivity contribution < 1.29 is 22.7 Å². The molecule has 1 N–H and O–H groups in total. The van der Waals surface area contributed by atoms with E-state index < -0.39 is 12.1 Å². The number of carbonyl (C=O) groups excluding carboxylic acids is 1. The number of alkyl halides is 3. The summed E-state index contributed by atoms with van der Waals surface area (Å²) in [5.74, 6) is -1.39. The number of hydrogen-bond donors (Lipinski definition) is 1. The number of H-pyrrole nitrogens is 1. The summed E-state index contributed by atoms with van der Waals surface area (Å²) in [6, 6.07) is 7.83. The minimum absolute atomic E-state index is 0.0223. The summed E-state index contributed by atoms with van der Waals surface area (Å²) in [6.45, 7) is 3.38. The number of aromatic amines is 1. The summed E-state index contributed by atoms with van der Waals surface area (Å²) < 4.78 is 44.7. The van der Waals surface area contributed by atoms with E-state index in [-0.39, 0.29) is 25.6 Å². The molecule has 32 heavy (non-hydrogen) atoms. The summed E-state index contributed by atoms with van der Waals surface area (Å²) in [5, 5.41) is 0.975. The van der Waals surface area contributed by atoms with Gasteiger partial charge in [0.1, 0.15) is 0 Å². The van der Waals surface area contributed by atoms with Gasteiger partial charge in [-0.05, 0) is 19.4 Å². The number of fused-ring (bicyclic) bond motifs is 2. The minimum atomic E-state index is -4.91. The fourth-order valence-corrected chi connectivity index (χ4v) is 4.41. The van der Waals surface area contributed by atoms with E-state index in [1.165, 1.54) is 0 Å². The lowest BCUT2D eigenvalue weighted by molar-refractivity contribution is -0.186. The zero-order valence-electron chi connectivity index (χ0n) is 17.4. The molecule has 7 nitrogen and oxygen atoms in total. The maximum Gasteiger partial charge on any atom is 0.471 e. The summed E-state index contributed by atoms with van der Waals surface area (Å²) in [6.07, 6.45) is -2.79. The van der Waals surface area contributed by atoms with Gasteiger partial charge < -0.3 is 19.5 Å². The lowest BCUT2D eigenvalue weighted by atomic mass is 9.98. The van der Waals surface area contributed by atoms with Crippen molar-refractivity contribution in [1.82, 2.24) is 19.9 Å². The Labute approximate surface area is 182 Å². The van der Waals surface area contributed by atoms with Crippen LogP contribution in [0.3, 0.4) is 0 Å². The molecule has 1 amide bonds. The summed E-state index contributed by atoms with van der Waals surface area (Å²) in [5.41, 5.74) is 3.75. The molecule has 2 aromatic heterocycles. The van der Waals surface area contributed by atoms with Crippen molar-refractivity contribution in [3.63, 3.8) is 0 Å². The predicted octanol–water partition coefficient (Wildman–Crippen LogP) is 3.30. The van der Waals surface area contributed by atoms with Crippen LogP contribution in [-0.4, -0.2) is 64.3 Å². The molecule has 0 spiro atoms. The monoisotopic (exact) mass is 445 g/mol. The molecular weight excluding hydrogens is 423 g/mol. The molecule has 1 atom stereocenters. The second kappa shape index (κ2) is 7.77. The zero-order chi connectivity index (χ0) is 22.5. The van der Waals surface area contributed by atoms with E-state index in [4.69, 9.17) is 9.72 Å². The number of benzene rings is 1. The largest absolute Gasteiger partial charge is 0.471 e. The Bertz CT molecular complexity index is 1180. The first-order chi connectivity index (χ1) is 15.3. The molecule has 1 fully saturated rings. The number of aromatic nitrogens is 3. The fraction of sp³-hybridized carbons (Fsp3) is 0.409. The molecule has 168 valence electrons. The molecule has 0 unspecified atom stereocenters. The number of para-hydroxylation sites is 1. The number of hydrogen-bond acceptors (Lipinski definition) is 5. The summed E-state index contributed by atoms with van der Waals surface area (Å²) >= 11 is 0. The van der Waals surface area contributed by atoms with Crippen molar-refractivity contribution >= 4 is 22.8 Å². The van der Waals surface area contributed by atoms with Gasteiger partial charge in [-0.1, -0.05) is 18.2 Å². The topological polar surface area (TPSA) is 74.3 Å². The number of rotatable bonds is 2. The Kier molecular flexibility index (Phi) is 5.04. The van der Waals surface area contributed by atoms with Gasteiger partial charge in [0.2, 0.25) is 5.95 Å². The van der Waals surface area contributed by atoms with Crippen molar-refractivity contribution in [1.29, 1.82) is 0 Å². The van der Waals surface area contributed by atoms with Crippen molar-refractivity contribution in [2.45, 2.75) is 32.1 Å². The van der Waals surface area contributed by atoms with E-state index in [0.29, 0.717) is 37.1 Å².